The van der Waals surface area contributed by atoms with Gasteiger partial charge in [-0.25, -0.2) is 4.98 Å². The zero-order chi connectivity index (χ0) is 15.2. The number of benzene rings is 1. The standard InChI is InChI=1S/C15H15ClN2O2S/c1-8(19)17-14-18-12(7-21-14)9-4-10-6-15(2,3)20-13(10)11(16)5-9/h4-5,7H,6H2,1-3H3,(H,17,18,19). The number of thiazole rings is 1. The molecule has 0 saturated heterocycles. The van der Waals surface area contributed by atoms with Crippen LogP contribution in [0.25, 0.3) is 11.3 Å². The fourth-order valence-corrected chi connectivity index (χ4v) is 3.47. The van der Waals surface area contributed by atoms with Gasteiger partial charge in [-0.3, -0.25) is 4.79 Å². The minimum absolute atomic E-state index is 0.127. The van der Waals surface area contributed by atoms with Crippen LogP contribution in [-0.2, 0) is 11.2 Å². The second-order valence-electron chi connectivity index (χ2n) is 5.70. The highest BCUT2D eigenvalue weighted by molar-refractivity contribution is 7.14. The number of hydrogen-bond donors (Lipinski definition) is 1. The number of carbonyl (C=O) groups is 1. The van der Waals surface area contributed by atoms with E-state index in [4.69, 9.17) is 16.3 Å². The number of ether oxygens (including phenoxy) is 1. The van der Waals surface area contributed by atoms with E-state index in [0.29, 0.717) is 10.2 Å². The number of nitrogens with one attached hydrogen (secondary N) is 1. The predicted molar refractivity (Wildman–Crippen MR) is 85.3 cm³/mol. The van der Waals surface area contributed by atoms with Crippen molar-refractivity contribution in [1.29, 1.82) is 0 Å². The minimum Gasteiger partial charge on any atom is -0.486 e. The third-order valence-corrected chi connectivity index (χ3v) is 4.24. The Labute approximate surface area is 132 Å². The molecular formula is C15H15ClN2O2S. The van der Waals surface area contributed by atoms with E-state index in [0.717, 1.165) is 29.0 Å². The van der Waals surface area contributed by atoms with E-state index in [1.807, 2.05) is 25.3 Å². The first kappa shape index (κ1) is 14.4. The summed E-state index contributed by atoms with van der Waals surface area (Å²) in [5.74, 6) is 0.640. The average Bonchev–Trinajstić information content (AvgIpc) is 2.91. The molecule has 0 aliphatic carbocycles. The lowest BCUT2D eigenvalue weighted by Crippen LogP contribution is -2.24. The number of anilines is 1. The number of amides is 1. The second-order valence-corrected chi connectivity index (χ2v) is 6.97. The van der Waals surface area contributed by atoms with Gasteiger partial charge in [-0.05, 0) is 26.0 Å². The van der Waals surface area contributed by atoms with E-state index in [1.165, 1.54) is 18.3 Å². The number of carbonyl (C=O) groups excluding carboxylic acids is 1. The number of fused-ring (bicyclic) bond motifs is 1. The molecule has 0 bridgehead atoms. The average molecular weight is 323 g/mol. The molecule has 1 aromatic heterocycles. The van der Waals surface area contributed by atoms with Gasteiger partial charge in [-0.15, -0.1) is 11.3 Å². The lowest BCUT2D eigenvalue weighted by atomic mass is 9.99. The number of hydrogen-bond acceptors (Lipinski definition) is 4. The lowest BCUT2D eigenvalue weighted by molar-refractivity contribution is -0.114. The molecule has 2 aromatic rings. The summed E-state index contributed by atoms with van der Waals surface area (Å²) in [5.41, 5.74) is 2.61. The van der Waals surface area contributed by atoms with Crippen LogP contribution in [0.5, 0.6) is 5.75 Å². The molecule has 0 saturated carbocycles. The maximum atomic E-state index is 11.1. The first-order valence-corrected chi connectivity index (χ1v) is 7.85. The van der Waals surface area contributed by atoms with Gasteiger partial charge in [0.15, 0.2) is 5.13 Å². The molecule has 0 spiro atoms. The molecule has 0 unspecified atom stereocenters. The van der Waals surface area contributed by atoms with Gasteiger partial charge in [0, 0.05) is 29.9 Å². The number of nitrogens with zero attached hydrogens (tertiary/aromatic N) is 1. The summed E-state index contributed by atoms with van der Waals surface area (Å²) in [5, 5.41) is 5.78. The molecule has 0 radical (unpaired) electrons. The van der Waals surface area contributed by atoms with E-state index in [1.54, 1.807) is 0 Å². The first-order chi connectivity index (χ1) is 9.84. The van der Waals surface area contributed by atoms with Gasteiger partial charge in [-0.1, -0.05) is 11.6 Å². The van der Waals surface area contributed by atoms with Crippen LogP contribution in [0.4, 0.5) is 5.13 Å². The molecule has 6 heteroatoms. The highest BCUT2D eigenvalue weighted by atomic mass is 35.5. The molecule has 1 N–H and O–H groups in total. The Hall–Kier alpha value is -1.59. The van der Waals surface area contributed by atoms with Crippen molar-refractivity contribution in [2.75, 3.05) is 5.32 Å². The maximum Gasteiger partial charge on any atom is 0.223 e. The van der Waals surface area contributed by atoms with Crippen molar-refractivity contribution in [2.24, 2.45) is 0 Å². The summed E-state index contributed by atoms with van der Waals surface area (Å²) in [7, 11) is 0. The summed E-state index contributed by atoms with van der Waals surface area (Å²) in [4.78, 5) is 15.5. The van der Waals surface area contributed by atoms with Crippen LogP contribution in [0, 0.1) is 0 Å². The van der Waals surface area contributed by atoms with Crippen LogP contribution >= 0.6 is 22.9 Å². The van der Waals surface area contributed by atoms with Gasteiger partial charge in [-0.2, -0.15) is 0 Å². The zero-order valence-electron chi connectivity index (χ0n) is 12.0. The lowest BCUT2D eigenvalue weighted by Gasteiger charge is -2.17. The molecule has 0 atom stereocenters. The quantitative estimate of drug-likeness (QED) is 0.904. The summed E-state index contributed by atoms with van der Waals surface area (Å²) < 4.78 is 5.87. The largest absolute Gasteiger partial charge is 0.486 e. The smallest absolute Gasteiger partial charge is 0.223 e. The highest BCUT2D eigenvalue weighted by Gasteiger charge is 2.32. The molecule has 0 fully saturated rings. The summed E-state index contributed by atoms with van der Waals surface area (Å²) in [6.45, 7) is 5.55. The van der Waals surface area contributed by atoms with Crippen molar-refractivity contribution in [3.05, 3.63) is 28.1 Å². The van der Waals surface area contributed by atoms with Crippen LogP contribution in [0.15, 0.2) is 17.5 Å². The minimum atomic E-state index is -0.228. The Bertz CT molecular complexity index is 724. The SMILES string of the molecule is CC(=O)Nc1nc(-c2cc(Cl)c3c(c2)CC(C)(C)O3)cs1. The van der Waals surface area contributed by atoms with Gasteiger partial charge in [0.25, 0.3) is 0 Å². The Morgan fingerprint density at radius 3 is 2.95 bits per heavy atom. The Kier molecular flexibility index (Phi) is 3.42. The molecular weight excluding hydrogens is 308 g/mol. The van der Waals surface area contributed by atoms with Crippen LogP contribution in [0.2, 0.25) is 5.02 Å². The molecule has 1 aliphatic heterocycles. The number of aromatic nitrogens is 1. The molecule has 4 nitrogen and oxygen atoms in total. The fourth-order valence-electron chi connectivity index (χ4n) is 2.43. The molecule has 2 heterocycles. The highest BCUT2D eigenvalue weighted by Crippen LogP contribution is 2.43. The molecule has 1 aliphatic rings. The fraction of sp³-hybridized carbons (Fsp3) is 0.333. The zero-order valence-corrected chi connectivity index (χ0v) is 13.6. The molecule has 1 amide bonds. The maximum absolute atomic E-state index is 11.1. The number of rotatable bonds is 2. The van der Waals surface area contributed by atoms with Gasteiger partial charge >= 0.3 is 0 Å². The van der Waals surface area contributed by atoms with Crippen molar-refractivity contribution in [1.82, 2.24) is 4.98 Å². The third-order valence-electron chi connectivity index (χ3n) is 3.20. The third kappa shape index (κ3) is 2.89. The van der Waals surface area contributed by atoms with Crippen LogP contribution in [-0.4, -0.2) is 16.5 Å². The number of halogens is 1. The van der Waals surface area contributed by atoms with E-state index in [9.17, 15) is 4.79 Å². The van der Waals surface area contributed by atoms with Crippen LogP contribution in [0.3, 0.4) is 0 Å². The summed E-state index contributed by atoms with van der Waals surface area (Å²) in [6.07, 6.45) is 0.818. The van der Waals surface area contributed by atoms with E-state index < -0.39 is 0 Å². The van der Waals surface area contributed by atoms with E-state index in [-0.39, 0.29) is 11.5 Å². The van der Waals surface area contributed by atoms with Crippen molar-refractivity contribution in [2.45, 2.75) is 32.8 Å². The molecule has 21 heavy (non-hydrogen) atoms. The summed E-state index contributed by atoms with van der Waals surface area (Å²) >= 11 is 7.72. The Morgan fingerprint density at radius 1 is 1.48 bits per heavy atom. The normalized spacial score (nSPS) is 15.4. The predicted octanol–water partition coefficient (Wildman–Crippen LogP) is 4.14. The summed E-state index contributed by atoms with van der Waals surface area (Å²) in [6, 6.07) is 3.91. The van der Waals surface area contributed by atoms with Gasteiger partial charge in [0.05, 0.1) is 10.7 Å². The van der Waals surface area contributed by atoms with Crippen LogP contribution in [0.1, 0.15) is 26.3 Å². The molecule has 3 rings (SSSR count). The van der Waals surface area contributed by atoms with Gasteiger partial charge in [0.1, 0.15) is 11.4 Å². The molecule has 110 valence electrons. The Morgan fingerprint density at radius 2 is 2.24 bits per heavy atom. The van der Waals surface area contributed by atoms with E-state index >= 15 is 0 Å². The van der Waals surface area contributed by atoms with Crippen molar-refractivity contribution in [3.63, 3.8) is 0 Å². The monoisotopic (exact) mass is 322 g/mol. The topological polar surface area (TPSA) is 51.2 Å². The van der Waals surface area contributed by atoms with Crippen molar-refractivity contribution < 1.29 is 9.53 Å². The Balaban J connectivity index is 1.96. The van der Waals surface area contributed by atoms with Crippen molar-refractivity contribution >= 4 is 34.0 Å². The van der Waals surface area contributed by atoms with Gasteiger partial charge in [0.2, 0.25) is 5.91 Å². The first-order valence-electron chi connectivity index (χ1n) is 6.59. The van der Waals surface area contributed by atoms with E-state index in [2.05, 4.69) is 16.4 Å². The molecule has 1 aromatic carbocycles. The second kappa shape index (κ2) is 5.00. The van der Waals surface area contributed by atoms with Crippen LogP contribution < -0.4 is 10.1 Å². The van der Waals surface area contributed by atoms with Crippen molar-refractivity contribution in [3.8, 4) is 17.0 Å². The van der Waals surface area contributed by atoms with Gasteiger partial charge < -0.3 is 10.1 Å².